The first-order valence-corrected chi connectivity index (χ1v) is 17.6. The van der Waals surface area contributed by atoms with Gasteiger partial charge in [-0.1, -0.05) is 146 Å². The fourth-order valence-corrected chi connectivity index (χ4v) is 6.88. The molecule has 0 aliphatic heterocycles. The van der Waals surface area contributed by atoms with Crippen molar-refractivity contribution in [1.29, 1.82) is 0 Å². The zero-order valence-electron chi connectivity index (χ0n) is 28.8. The summed E-state index contributed by atoms with van der Waals surface area (Å²) in [5.74, 6) is 0.851. The maximum absolute atomic E-state index is 14.7. The third-order valence-electron chi connectivity index (χ3n) is 9.71. The van der Waals surface area contributed by atoms with E-state index in [0.717, 1.165) is 65.3 Å². The molecule has 0 N–H and O–H groups in total. The van der Waals surface area contributed by atoms with Gasteiger partial charge in [-0.15, -0.1) is 0 Å². The van der Waals surface area contributed by atoms with Crippen molar-refractivity contribution in [2.45, 2.75) is 0 Å². The zero-order chi connectivity index (χ0) is 36.0. The predicted molar refractivity (Wildman–Crippen MR) is 215 cm³/mol. The summed E-state index contributed by atoms with van der Waals surface area (Å²) in [6, 6.07) is 56.5. The molecule has 8 aromatic carbocycles. The first-order valence-electron chi connectivity index (χ1n) is 17.6. The largest absolute Gasteiger partial charge is 0.281 e. The highest BCUT2D eigenvalue weighted by atomic mass is 16.1. The van der Waals surface area contributed by atoms with E-state index in [0.29, 0.717) is 23.3 Å². The number of nitrogens with zero attached hydrogens (tertiary/aromatic N) is 6. The van der Waals surface area contributed by atoms with Gasteiger partial charge in [0, 0.05) is 22.3 Å². The molecule has 0 aliphatic carbocycles. The van der Waals surface area contributed by atoms with Crippen molar-refractivity contribution in [2.75, 3.05) is 0 Å². The lowest BCUT2D eigenvalue weighted by Crippen LogP contribution is -2.15. The predicted octanol–water partition coefficient (Wildman–Crippen LogP) is 10.6. The second-order valence-electron chi connectivity index (χ2n) is 13.2. The number of hydrogen-bond acceptors (Lipinski definition) is 7. The summed E-state index contributed by atoms with van der Waals surface area (Å²) in [5.41, 5.74) is 3.04. The Morgan fingerprint density at radius 1 is 0.278 bits per heavy atom. The van der Waals surface area contributed by atoms with Crippen LogP contribution in [-0.4, -0.2) is 35.7 Å². The number of benzene rings is 8. The number of ketones is 1. The van der Waals surface area contributed by atoms with Crippen LogP contribution in [0.15, 0.2) is 170 Å². The summed E-state index contributed by atoms with van der Waals surface area (Å²) in [7, 11) is 0. The molecule has 2 heterocycles. The van der Waals surface area contributed by atoms with E-state index in [1.54, 1.807) is 0 Å². The smallest absolute Gasteiger partial charge is 0.267 e. The summed E-state index contributed by atoms with van der Waals surface area (Å²) in [4.78, 5) is 43.7. The minimum Gasteiger partial charge on any atom is -0.281 e. The van der Waals surface area contributed by atoms with E-state index in [-0.39, 0.29) is 11.6 Å². The van der Waals surface area contributed by atoms with Crippen LogP contribution in [0, 0.1) is 0 Å². The molecule has 0 radical (unpaired) electrons. The van der Waals surface area contributed by atoms with Crippen molar-refractivity contribution in [1.82, 2.24) is 29.9 Å². The van der Waals surface area contributed by atoms with Gasteiger partial charge in [-0.05, 0) is 67.4 Å². The van der Waals surface area contributed by atoms with Gasteiger partial charge in [-0.25, -0.2) is 29.9 Å². The molecule has 2 aromatic heterocycles. The molecule has 0 aliphatic rings. The molecular weight excluding hydrogens is 665 g/mol. The number of hydrogen-bond donors (Lipinski definition) is 0. The van der Waals surface area contributed by atoms with Gasteiger partial charge in [0.05, 0.1) is 0 Å². The fourth-order valence-electron chi connectivity index (χ4n) is 6.88. The standard InChI is InChI=1S/C47H28N6O/c54-41(46-50-42(37-21-17-29-9-1-5-13-33(29)25-37)48-43(51-46)38-22-18-30-10-2-6-14-34(30)26-38)47-52-44(39-23-19-31-11-3-7-15-35(31)27-39)49-45(53-47)40-24-20-32-12-4-8-16-36(32)28-40/h1-28H. The summed E-state index contributed by atoms with van der Waals surface area (Å²) in [5, 5.41) is 8.51. The molecule has 0 saturated carbocycles. The zero-order valence-corrected chi connectivity index (χ0v) is 28.8. The average molecular weight is 693 g/mol. The van der Waals surface area contributed by atoms with Gasteiger partial charge in [0.2, 0.25) is 11.6 Å². The molecule has 0 amide bonds. The van der Waals surface area contributed by atoms with E-state index in [2.05, 4.69) is 24.3 Å². The third-order valence-corrected chi connectivity index (χ3v) is 9.71. The van der Waals surface area contributed by atoms with Crippen LogP contribution in [0.2, 0.25) is 0 Å². The quantitative estimate of drug-likeness (QED) is 0.160. The summed E-state index contributed by atoms with van der Waals surface area (Å²) < 4.78 is 0. The van der Waals surface area contributed by atoms with E-state index < -0.39 is 5.78 Å². The van der Waals surface area contributed by atoms with Gasteiger partial charge in [-0.3, -0.25) is 4.79 Å². The van der Waals surface area contributed by atoms with Crippen molar-refractivity contribution in [3.63, 3.8) is 0 Å². The Labute approximate surface area is 309 Å². The summed E-state index contributed by atoms with van der Waals surface area (Å²) in [6.45, 7) is 0. The highest BCUT2D eigenvalue weighted by Gasteiger charge is 2.23. The van der Waals surface area contributed by atoms with Crippen LogP contribution >= 0.6 is 0 Å². The van der Waals surface area contributed by atoms with Crippen LogP contribution in [-0.2, 0) is 0 Å². The van der Waals surface area contributed by atoms with Crippen molar-refractivity contribution in [3.8, 4) is 45.6 Å². The molecular formula is C47H28N6O. The monoisotopic (exact) mass is 692 g/mol. The second-order valence-corrected chi connectivity index (χ2v) is 13.2. The highest BCUT2D eigenvalue weighted by Crippen LogP contribution is 2.29. The lowest BCUT2D eigenvalue weighted by molar-refractivity contribution is 0.101. The van der Waals surface area contributed by atoms with Crippen LogP contribution in [0.3, 0.4) is 0 Å². The van der Waals surface area contributed by atoms with E-state index in [4.69, 9.17) is 29.9 Å². The van der Waals surface area contributed by atoms with Crippen molar-refractivity contribution in [3.05, 3.63) is 182 Å². The van der Waals surface area contributed by atoms with Crippen molar-refractivity contribution < 1.29 is 4.79 Å². The molecule has 0 fully saturated rings. The number of carbonyl (C=O) groups excluding carboxylic acids is 1. The van der Waals surface area contributed by atoms with Gasteiger partial charge < -0.3 is 0 Å². The Kier molecular flexibility index (Phi) is 7.47. The third kappa shape index (κ3) is 5.80. The maximum atomic E-state index is 14.7. The van der Waals surface area contributed by atoms with E-state index >= 15 is 0 Å². The Morgan fingerprint density at radius 2 is 0.519 bits per heavy atom. The number of fused-ring (bicyclic) bond motifs is 4. The lowest BCUT2D eigenvalue weighted by atomic mass is 10.1. The van der Waals surface area contributed by atoms with E-state index in [1.807, 2.05) is 146 Å². The normalized spacial score (nSPS) is 11.4. The minimum atomic E-state index is -0.534. The fraction of sp³-hybridized carbons (Fsp3) is 0. The van der Waals surface area contributed by atoms with Crippen LogP contribution in [0.4, 0.5) is 0 Å². The molecule has 0 atom stereocenters. The van der Waals surface area contributed by atoms with Crippen LogP contribution < -0.4 is 0 Å². The molecule has 10 aromatic rings. The Hall–Kier alpha value is -7.51. The Balaban J connectivity index is 1.16. The summed E-state index contributed by atoms with van der Waals surface area (Å²) in [6.07, 6.45) is 0. The van der Waals surface area contributed by atoms with Gasteiger partial charge in [-0.2, -0.15) is 0 Å². The van der Waals surface area contributed by atoms with E-state index in [9.17, 15) is 4.79 Å². The Morgan fingerprint density at radius 3 is 0.778 bits per heavy atom. The SMILES string of the molecule is O=C(c1nc(-c2ccc3ccccc3c2)nc(-c2ccc3ccccc3c2)n1)c1nc(-c2ccc3ccccc3c2)nc(-c2ccc3ccccc3c2)n1. The van der Waals surface area contributed by atoms with Gasteiger partial charge in [0.1, 0.15) is 0 Å². The minimum absolute atomic E-state index is 0.0589. The van der Waals surface area contributed by atoms with Gasteiger partial charge in [0.25, 0.3) is 5.78 Å². The van der Waals surface area contributed by atoms with E-state index in [1.165, 1.54) is 0 Å². The van der Waals surface area contributed by atoms with Gasteiger partial charge in [0.15, 0.2) is 23.3 Å². The first kappa shape index (κ1) is 31.2. The molecule has 7 heteroatoms. The molecule has 7 nitrogen and oxygen atoms in total. The van der Waals surface area contributed by atoms with Crippen LogP contribution in [0.5, 0.6) is 0 Å². The second kappa shape index (κ2) is 12.9. The van der Waals surface area contributed by atoms with Crippen molar-refractivity contribution in [2.24, 2.45) is 0 Å². The molecule has 0 bridgehead atoms. The van der Waals surface area contributed by atoms with Crippen molar-refractivity contribution >= 4 is 48.9 Å². The molecule has 0 saturated heterocycles. The molecule has 54 heavy (non-hydrogen) atoms. The molecule has 252 valence electrons. The molecule has 0 unspecified atom stereocenters. The maximum Gasteiger partial charge on any atom is 0.267 e. The summed E-state index contributed by atoms with van der Waals surface area (Å²) >= 11 is 0. The van der Waals surface area contributed by atoms with Crippen LogP contribution in [0.25, 0.3) is 88.6 Å². The van der Waals surface area contributed by atoms with Gasteiger partial charge >= 0.3 is 0 Å². The Bertz CT molecular complexity index is 2700. The van der Waals surface area contributed by atoms with Crippen LogP contribution in [0.1, 0.15) is 16.4 Å². The molecule has 0 spiro atoms. The number of rotatable bonds is 6. The highest BCUT2D eigenvalue weighted by molar-refractivity contribution is 6.05. The number of carbonyl (C=O) groups is 1. The molecule has 10 rings (SSSR count). The number of aromatic nitrogens is 6. The average Bonchev–Trinajstić information content (AvgIpc) is 3.25. The first-order chi connectivity index (χ1) is 26.6. The lowest BCUT2D eigenvalue weighted by Gasteiger charge is -2.11. The topological polar surface area (TPSA) is 94.4 Å².